The molecule has 0 radical (unpaired) electrons. The number of carbonyl (C=O) groups excluding carboxylic acids is 1. The number of rotatable bonds is 4. The molecule has 0 atom stereocenters. The average Bonchev–Trinajstić information content (AvgIpc) is 2.29. The molecule has 0 saturated carbocycles. The number of hydrogen-bond acceptors (Lipinski definition) is 3. The zero-order chi connectivity index (χ0) is 13.7. The molecule has 98 valence electrons. The molecule has 1 aromatic carbocycles. The van der Waals surface area contributed by atoms with Crippen LogP contribution in [-0.2, 0) is 4.79 Å². The molecule has 0 aliphatic rings. The highest BCUT2D eigenvalue weighted by Crippen LogP contribution is 2.15. The molecule has 5 nitrogen and oxygen atoms in total. The number of anilines is 1. The Morgan fingerprint density at radius 1 is 1.56 bits per heavy atom. The Bertz CT molecular complexity index is 472. The summed E-state index contributed by atoms with van der Waals surface area (Å²) in [7, 11) is 0. The van der Waals surface area contributed by atoms with Crippen molar-refractivity contribution in [2.45, 2.75) is 20.3 Å². The number of nitrogens with one attached hydrogen (secondary N) is 1. The maximum absolute atomic E-state index is 13.4. The molecule has 1 rings (SSSR count). The van der Waals surface area contributed by atoms with Gasteiger partial charge >= 0.3 is 0 Å². The Balaban J connectivity index is 2.89. The topological polar surface area (TPSA) is 87.7 Å². The van der Waals surface area contributed by atoms with Gasteiger partial charge in [-0.25, -0.2) is 4.39 Å². The van der Waals surface area contributed by atoms with Crippen molar-refractivity contribution in [3.63, 3.8) is 0 Å². The number of amidine groups is 1. The van der Waals surface area contributed by atoms with Crippen molar-refractivity contribution in [3.05, 3.63) is 29.6 Å². The molecule has 0 fully saturated rings. The first-order valence-electron chi connectivity index (χ1n) is 5.51. The van der Waals surface area contributed by atoms with Gasteiger partial charge in [-0.3, -0.25) is 4.79 Å². The van der Waals surface area contributed by atoms with Crippen LogP contribution in [0.25, 0.3) is 0 Å². The molecule has 0 saturated heterocycles. The molecular formula is C12H16FN3O2. The molecule has 0 bridgehead atoms. The number of amides is 1. The van der Waals surface area contributed by atoms with E-state index in [1.165, 1.54) is 12.1 Å². The van der Waals surface area contributed by atoms with E-state index in [1.54, 1.807) is 0 Å². The van der Waals surface area contributed by atoms with E-state index in [-0.39, 0.29) is 23.2 Å². The van der Waals surface area contributed by atoms with Crippen LogP contribution in [0.1, 0.15) is 25.8 Å². The fraction of sp³-hybridized carbons (Fsp3) is 0.333. The van der Waals surface area contributed by atoms with Crippen molar-refractivity contribution in [1.82, 2.24) is 0 Å². The summed E-state index contributed by atoms with van der Waals surface area (Å²) in [5.74, 6) is -0.893. The van der Waals surface area contributed by atoms with E-state index < -0.39 is 5.82 Å². The molecule has 6 heteroatoms. The van der Waals surface area contributed by atoms with Crippen molar-refractivity contribution < 1.29 is 14.4 Å². The van der Waals surface area contributed by atoms with Crippen molar-refractivity contribution in [3.8, 4) is 0 Å². The Kier molecular flexibility index (Phi) is 4.65. The normalized spacial score (nSPS) is 11.7. The van der Waals surface area contributed by atoms with E-state index in [0.29, 0.717) is 12.1 Å². The van der Waals surface area contributed by atoms with Gasteiger partial charge in [0.25, 0.3) is 0 Å². The molecule has 0 aliphatic carbocycles. The fourth-order valence-corrected chi connectivity index (χ4v) is 1.44. The molecular weight excluding hydrogens is 237 g/mol. The quantitative estimate of drug-likeness (QED) is 0.331. The minimum absolute atomic E-state index is 0.0557. The number of carbonyl (C=O) groups is 1. The summed E-state index contributed by atoms with van der Waals surface area (Å²) in [6.45, 7) is 3.85. The minimum atomic E-state index is -0.618. The second kappa shape index (κ2) is 6.00. The zero-order valence-corrected chi connectivity index (χ0v) is 10.3. The monoisotopic (exact) mass is 253 g/mol. The maximum Gasteiger partial charge on any atom is 0.224 e. The van der Waals surface area contributed by atoms with Gasteiger partial charge in [-0.05, 0) is 24.1 Å². The van der Waals surface area contributed by atoms with E-state index >= 15 is 0 Å². The lowest BCUT2D eigenvalue weighted by Crippen LogP contribution is -2.17. The lowest BCUT2D eigenvalue weighted by molar-refractivity contribution is -0.116. The van der Waals surface area contributed by atoms with Crippen LogP contribution < -0.4 is 11.1 Å². The molecule has 4 N–H and O–H groups in total. The van der Waals surface area contributed by atoms with E-state index in [1.807, 2.05) is 13.8 Å². The highest BCUT2D eigenvalue weighted by Gasteiger charge is 2.10. The van der Waals surface area contributed by atoms with Crippen LogP contribution in [-0.4, -0.2) is 17.0 Å². The maximum atomic E-state index is 13.4. The molecule has 18 heavy (non-hydrogen) atoms. The Morgan fingerprint density at radius 3 is 2.78 bits per heavy atom. The molecule has 0 spiro atoms. The van der Waals surface area contributed by atoms with E-state index in [2.05, 4.69) is 10.5 Å². The van der Waals surface area contributed by atoms with Crippen LogP contribution in [0.3, 0.4) is 0 Å². The number of nitrogens with two attached hydrogens (primary N) is 1. The standard InChI is InChI=1S/C12H16FN3O2/c1-7(2)5-11(17)15-8-3-4-10(13)9(6-8)12(14)16-18/h3-4,6-7,18H,5H2,1-2H3,(H2,14,16)(H,15,17). The van der Waals surface area contributed by atoms with Crippen molar-refractivity contribution in [1.29, 1.82) is 0 Å². The fourth-order valence-electron chi connectivity index (χ4n) is 1.44. The van der Waals surface area contributed by atoms with Gasteiger partial charge in [-0.15, -0.1) is 0 Å². The summed E-state index contributed by atoms with van der Waals surface area (Å²) in [6, 6.07) is 3.89. The average molecular weight is 253 g/mol. The van der Waals surface area contributed by atoms with Gasteiger partial charge in [0, 0.05) is 12.1 Å². The zero-order valence-electron chi connectivity index (χ0n) is 10.3. The second-order valence-electron chi connectivity index (χ2n) is 4.33. The SMILES string of the molecule is CC(C)CC(=O)Nc1ccc(F)c(C(N)=NO)c1. The Morgan fingerprint density at radius 2 is 2.22 bits per heavy atom. The summed E-state index contributed by atoms with van der Waals surface area (Å²) in [5, 5.41) is 13.9. The summed E-state index contributed by atoms with van der Waals surface area (Å²) in [6.07, 6.45) is 0.371. The predicted molar refractivity (Wildman–Crippen MR) is 67.0 cm³/mol. The highest BCUT2D eigenvalue weighted by molar-refractivity contribution is 5.99. The van der Waals surface area contributed by atoms with Crippen molar-refractivity contribution in [2.75, 3.05) is 5.32 Å². The minimum Gasteiger partial charge on any atom is -0.409 e. The predicted octanol–water partition coefficient (Wildman–Crippen LogP) is 1.90. The number of benzene rings is 1. The van der Waals surface area contributed by atoms with Gasteiger partial charge in [-0.1, -0.05) is 19.0 Å². The summed E-state index contributed by atoms with van der Waals surface area (Å²) < 4.78 is 13.4. The third kappa shape index (κ3) is 3.73. The third-order valence-corrected chi connectivity index (χ3v) is 2.23. The molecule has 0 unspecified atom stereocenters. The third-order valence-electron chi connectivity index (χ3n) is 2.23. The van der Waals surface area contributed by atoms with Crippen LogP contribution in [0.15, 0.2) is 23.4 Å². The molecule has 0 heterocycles. The van der Waals surface area contributed by atoms with Crippen molar-refractivity contribution in [2.24, 2.45) is 16.8 Å². The van der Waals surface area contributed by atoms with E-state index in [9.17, 15) is 9.18 Å². The van der Waals surface area contributed by atoms with Gasteiger partial charge in [0.1, 0.15) is 5.82 Å². The molecule has 1 aromatic rings. The van der Waals surface area contributed by atoms with Gasteiger partial charge in [0.05, 0.1) is 5.56 Å². The summed E-state index contributed by atoms with van der Waals surface area (Å²) >= 11 is 0. The first-order chi connectivity index (χ1) is 8.43. The van der Waals surface area contributed by atoms with Crippen LogP contribution in [0.2, 0.25) is 0 Å². The number of hydrogen-bond donors (Lipinski definition) is 3. The summed E-state index contributed by atoms with van der Waals surface area (Å²) in [4.78, 5) is 11.5. The summed E-state index contributed by atoms with van der Waals surface area (Å²) in [5.41, 5.74) is 5.67. The number of halogens is 1. The number of nitrogens with zero attached hydrogens (tertiary/aromatic N) is 1. The molecule has 0 aliphatic heterocycles. The van der Waals surface area contributed by atoms with Gasteiger partial charge in [0.2, 0.25) is 5.91 Å². The van der Waals surface area contributed by atoms with Crippen LogP contribution in [0, 0.1) is 11.7 Å². The Hall–Kier alpha value is -2.11. The van der Waals surface area contributed by atoms with Crippen LogP contribution in [0.4, 0.5) is 10.1 Å². The van der Waals surface area contributed by atoms with Gasteiger partial charge in [0.15, 0.2) is 5.84 Å². The van der Waals surface area contributed by atoms with Gasteiger partial charge < -0.3 is 16.3 Å². The smallest absolute Gasteiger partial charge is 0.224 e. The molecule has 1 amide bonds. The lowest BCUT2D eigenvalue weighted by Gasteiger charge is -2.09. The second-order valence-corrected chi connectivity index (χ2v) is 4.33. The first-order valence-corrected chi connectivity index (χ1v) is 5.51. The number of oxime groups is 1. The van der Waals surface area contributed by atoms with E-state index in [4.69, 9.17) is 10.9 Å². The first kappa shape index (κ1) is 14.0. The van der Waals surface area contributed by atoms with Crippen LogP contribution >= 0.6 is 0 Å². The lowest BCUT2D eigenvalue weighted by atomic mass is 10.1. The highest BCUT2D eigenvalue weighted by atomic mass is 19.1. The van der Waals surface area contributed by atoms with E-state index in [0.717, 1.165) is 6.07 Å². The largest absolute Gasteiger partial charge is 0.409 e. The van der Waals surface area contributed by atoms with Crippen molar-refractivity contribution >= 4 is 17.4 Å². The van der Waals surface area contributed by atoms with Crippen LogP contribution in [0.5, 0.6) is 0 Å². The van der Waals surface area contributed by atoms with Gasteiger partial charge in [-0.2, -0.15) is 0 Å². The Labute approximate surface area is 104 Å². The molecule has 0 aromatic heterocycles.